The van der Waals surface area contributed by atoms with Crippen molar-refractivity contribution < 1.29 is 19.4 Å². The third-order valence-corrected chi connectivity index (χ3v) is 4.16. The number of aryl methyl sites for hydroxylation is 1. The van der Waals surface area contributed by atoms with Gasteiger partial charge in [0.2, 0.25) is 0 Å². The summed E-state index contributed by atoms with van der Waals surface area (Å²) in [4.78, 5) is 11.3. The first-order valence-corrected chi connectivity index (χ1v) is 8.72. The van der Waals surface area contributed by atoms with Crippen molar-refractivity contribution >= 4 is 5.97 Å². The van der Waals surface area contributed by atoms with Crippen LogP contribution in [-0.2, 0) is 17.9 Å². The van der Waals surface area contributed by atoms with Crippen LogP contribution in [0, 0.1) is 12.8 Å². The van der Waals surface area contributed by atoms with Crippen LogP contribution >= 0.6 is 0 Å². The fraction of sp³-hybridized carbons (Fsp3) is 0.381. The van der Waals surface area contributed by atoms with Crippen molar-refractivity contribution in [3.63, 3.8) is 0 Å². The zero-order chi connectivity index (χ0) is 19.1. The van der Waals surface area contributed by atoms with E-state index in [1.807, 2.05) is 57.2 Å². The van der Waals surface area contributed by atoms with Crippen molar-refractivity contribution in [3.05, 3.63) is 59.2 Å². The van der Waals surface area contributed by atoms with Crippen LogP contribution in [0.15, 0.2) is 42.5 Å². The van der Waals surface area contributed by atoms with Gasteiger partial charge in [0.1, 0.15) is 12.6 Å². The molecule has 2 aromatic carbocycles. The second-order valence-corrected chi connectivity index (χ2v) is 6.70. The van der Waals surface area contributed by atoms with Crippen molar-refractivity contribution in [2.24, 2.45) is 5.92 Å². The normalized spacial score (nSPS) is 12.0. The van der Waals surface area contributed by atoms with Gasteiger partial charge in [-0.1, -0.05) is 49.7 Å². The molecule has 2 rings (SSSR count). The molecule has 0 aromatic heterocycles. The number of benzene rings is 2. The van der Waals surface area contributed by atoms with Gasteiger partial charge in [0, 0.05) is 6.54 Å². The summed E-state index contributed by atoms with van der Waals surface area (Å²) in [6.45, 7) is 6.73. The van der Waals surface area contributed by atoms with Gasteiger partial charge in [0.15, 0.2) is 11.5 Å². The van der Waals surface area contributed by atoms with Gasteiger partial charge in [-0.05, 0) is 36.1 Å². The zero-order valence-electron chi connectivity index (χ0n) is 15.8. The number of methoxy groups -OCH3 is 1. The Morgan fingerprint density at radius 1 is 1.12 bits per heavy atom. The first kappa shape index (κ1) is 19.8. The lowest BCUT2D eigenvalue weighted by atomic mass is 10.0. The fourth-order valence-corrected chi connectivity index (χ4v) is 2.74. The standard InChI is InChI=1S/C21H27NO4/c1-14(2)20(21(23)24)22-12-16-8-9-18(19(11-16)25-4)26-13-17-7-5-6-15(3)10-17/h5-11,14,20,22H,12-13H2,1-4H3,(H,23,24). The van der Waals surface area contributed by atoms with Crippen molar-refractivity contribution in [3.8, 4) is 11.5 Å². The highest BCUT2D eigenvalue weighted by Crippen LogP contribution is 2.29. The van der Waals surface area contributed by atoms with Crippen LogP contribution in [0.25, 0.3) is 0 Å². The van der Waals surface area contributed by atoms with Crippen LogP contribution in [0.1, 0.15) is 30.5 Å². The number of carbonyl (C=O) groups is 1. The molecule has 2 aromatic rings. The molecule has 0 aliphatic rings. The van der Waals surface area contributed by atoms with Gasteiger partial charge in [0.05, 0.1) is 7.11 Å². The summed E-state index contributed by atoms with van der Waals surface area (Å²) in [7, 11) is 1.60. The van der Waals surface area contributed by atoms with Crippen LogP contribution in [0.4, 0.5) is 0 Å². The van der Waals surface area contributed by atoms with Crippen molar-refractivity contribution in [2.45, 2.75) is 40.0 Å². The molecule has 0 fully saturated rings. The Kier molecular flexibility index (Phi) is 7.04. The summed E-state index contributed by atoms with van der Waals surface area (Å²) in [6, 6.07) is 13.2. The average Bonchev–Trinajstić information content (AvgIpc) is 2.60. The summed E-state index contributed by atoms with van der Waals surface area (Å²) in [5.41, 5.74) is 3.23. The lowest BCUT2D eigenvalue weighted by molar-refractivity contribution is -0.140. The molecule has 1 unspecified atom stereocenters. The molecule has 26 heavy (non-hydrogen) atoms. The third-order valence-electron chi connectivity index (χ3n) is 4.16. The number of ether oxygens (including phenoxy) is 2. The van der Waals surface area contributed by atoms with E-state index >= 15 is 0 Å². The summed E-state index contributed by atoms with van der Waals surface area (Å²) >= 11 is 0. The second kappa shape index (κ2) is 9.25. The molecule has 0 saturated heterocycles. The second-order valence-electron chi connectivity index (χ2n) is 6.70. The fourth-order valence-electron chi connectivity index (χ4n) is 2.74. The van der Waals surface area contributed by atoms with Crippen LogP contribution in [-0.4, -0.2) is 24.2 Å². The van der Waals surface area contributed by atoms with Gasteiger partial charge in [-0.25, -0.2) is 0 Å². The highest BCUT2D eigenvalue weighted by atomic mass is 16.5. The van der Waals surface area contributed by atoms with Crippen LogP contribution in [0.5, 0.6) is 11.5 Å². The Hall–Kier alpha value is -2.53. The lowest BCUT2D eigenvalue weighted by Gasteiger charge is -2.18. The molecule has 1 atom stereocenters. The number of aliphatic carboxylic acids is 1. The average molecular weight is 357 g/mol. The molecule has 0 spiro atoms. The van der Waals surface area contributed by atoms with E-state index < -0.39 is 12.0 Å². The zero-order valence-corrected chi connectivity index (χ0v) is 15.8. The number of carboxylic acid groups (broad SMARTS) is 1. The summed E-state index contributed by atoms with van der Waals surface area (Å²) in [6.07, 6.45) is 0. The summed E-state index contributed by atoms with van der Waals surface area (Å²) < 4.78 is 11.3. The molecule has 0 saturated carbocycles. The number of nitrogens with one attached hydrogen (secondary N) is 1. The first-order valence-electron chi connectivity index (χ1n) is 8.72. The largest absolute Gasteiger partial charge is 0.493 e. The van der Waals surface area contributed by atoms with Crippen LogP contribution in [0.3, 0.4) is 0 Å². The molecular formula is C21H27NO4. The maximum atomic E-state index is 11.3. The van der Waals surface area contributed by atoms with E-state index in [9.17, 15) is 9.90 Å². The topological polar surface area (TPSA) is 67.8 Å². The number of rotatable bonds is 9. The van der Waals surface area contributed by atoms with E-state index in [4.69, 9.17) is 9.47 Å². The Morgan fingerprint density at radius 2 is 1.88 bits per heavy atom. The Bertz CT molecular complexity index is 743. The monoisotopic (exact) mass is 357 g/mol. The summed E-state index contributed by atoms with van der Waals surface area (Å²) in [5.74, 6) is 0.459. The molecule has 5 nitrogen and oxygen atoms in total. The third kappa shape index (κ3) is 5.49. The predicted molar refractivity (Wildman–Crippen MR) is 102 cm³/mol. The summed E-state index contributed by atoms with van der Waals surface area (Å²) in [5, 5.41) is 12.3. The van der Waals surface area contributed by atoms with Gasteiger partial charge in [0.25, 0.3) is 0 Å². The van der Waals surface area contributed by atoms with E-state index in [1.165, 1.54) is 5.56 Å². The molecule has 0 amide bonds. The molecule has 0 aliphatic carbocycles. The molecule has 5 heteroatoms. The smallest absolute Gasteiger partial charge is 0.320 e. The molecule has 0 heterocycles. The number of hydrogen-bond acceptors (Lipinski definition) is 4. The maximum Gasteiger partial charge on any atom is 0.320 e. The number of carboxylic acids is 1. The Labute approximate surface area is 155 Å². The minimum Gasteiger partial charge on any atom is -0.493 e. The predicted octanol–water partition coefficient (Wildman–Crippen LogP) is 3.78. The minimum atomic E-state index is -0.843. The Balaban J connectivity index is 2.03. The maximum absolute atomic E-state index is 11.3. The van der Waals surface area contributed by atoms with Gasteiger partial charge in [-0.15, -0.1) is 0 Å². The van der Waals surface area contributed by atoms with E-state index in [2.05, 4.69) is 11.4 Å². The van der Waals surface area contributed by atoms with Crippen LogP contribution < -0.4 is 14.8 Å². The van der Waals surface area contributed by atoms with E-state index in [0.29, 0.717) is 24.7 Å². The number of hydrogen-bond donors (Lipinski definition) is 2. The van der Waals surface area contributed by atoms with Crippen LogP contribution in [0.2, 0.25) is 0 Å². The van der Waals surface area contributed by atoms with Gasteiger partial charge in [-0.2, -0.15) is 0 Å². The molecule has 0 bridgehead atoms. The van der Waals surface area contributed by atoms with E-state index in [0.717, 1.165) is 11.1 Å². The molecular weight excluding hydrogens is 330 g/mol. The van der Waals surface area contributed by atoms with Crippen molar-refractivity contribution in [1.82, 2.24) is 5.32 Å². The van der Waals surface area contributed by atoms with Gasteiger partial charge >= 0.3 is 5.97 Å². The highest BCUT2D eigenvalue weighted by molar-refractivity contribution is 5.73. The van der Waals surface area contributed by atoms with E-state index in [1.54, 1.807) is 7.11 Å². The Morgan fingerprint density at radius 3 is 2.50 bits per heavy atom. The van der Waals surface area contributed by atoms with Gasteiger partial charge < -0.3 is 19.9 Å². The minimum absolute atomic E-state index is 0.00586. The molecule has 140 valence electrons. The van der Waals surface area contributed by atoms with Crippen molar-refractivity contribution in [2.75, 3.05) is 7.11 Å². The SMILES string of the molecule is COc1cc(CNC(C(=O)O)C(C)C)ccc1OCc1cccc(C)c1. The molecule has 0 aliphatic heterocycles. The highest BCUT2D eigenvalue weighted by Gasteiger charge is 2.20. The van der Waals surface area contributed by atoms with Crippen molar-refractivity contribution in [1.29, 1.82) is 0 Å². The molecule has 0 radical (unpaired) electrons. The quantitative estimate of drug-likeness (QED) is 0.715. The molecule has 2 N–H and O–H groups in total. The first-order chi connectivity index (χ1) is 12.4. The van der Waals surface area contributed by atoms with Gasteiger partial charge in [-0.3, -0.25) is 4.79 Å². The van der Waals surface area contributed by atoms with E-state index in [-0.39, 0.29) is 5.92 Å². The lowest BCUT2D eigenvalue weighted by Crippen LogP contribution is -2.40.